The van der Waals surface area contributed by atoms with E-state index >= 15 is 0 Å². The second-order valence-electron chi connectivity index (χ2n) is 5.09. The van der Waals surface area contributed by atoms with Crippen LogP contribution in [0.4, 0.5) is 0 Å². The van der Waals surface area contributed by atoms with Crippen molar-refractivity contribution in [2.75, 3.05) is 26.7 Å². The maximum atomic E-state index is 12.3. The molecule has 0 N–H and O–H groups in total. The number of piperidine rings is 1. The molecule has 0 aromatic heterocycles. The average molecular weight is 611 g/mol. The number of hydrogen-bond donors (Lipinski definition) is 0. The molecule has 2 rings (SSSR count). The van der Waals surface area contributed by atoms with Crippen molar-refractivity contribution in [1.29, 1.82) is 0 Å². The number of halogens is 3. The molecule has 0 spiro atoms. The maximum absolute atomic E-state index is 12.3. The number of hydrogen-bond acceptors (Lipinski definition) is 3. The number of benzene rings is 1. The van der Waals surface area contributed by atoms with Crippen molar-refractivity contribution in [1.82, 2.24) is 4.90 Å². The maximum Gasteiger partial charge on any atom is 0.340 e. The van der Waals surface area contributed by atoms with E-state index in [-0.39, 0.29) is 5.97 Å². The highest BCUT2D eigenvalue weighted by Gasteiger charge is 2.22. The molecule has 20 heavy (non-hydrogen) atoms. The van der Waals surface area contributed by atoms with Crippen molar-refractivity contribution in [3.8, 4) is 0 Å². The first-order valence-electron chi connectivity index (χ1n) is 6.48. The molecule has 1 heterocycles. The van der Waals surface area contributed by atoms with Gasteiger partial charge in [-0.15, -0.1) is 0 Å². The average Bonchev–Trinajstić information content (AvgIpc) is 2.41. The van der Waals surface area contributed by atoms with Gasteiger partial charge in [0.05, 0.1) is 12.2 Å². The van der Waals surface area contributed by atoms with Gasteiger partial charge in [0.15, 0.2) is 0 Å². The zero-order valence-corrected chi connectivity index (χ0v) is 17.6. The predicted octanol–water partition coefficient (Wildman–Crippen LogP) is 4.00. The Morgan fingerprint density at radius 2 is 2.05 bits per heavy atom. The number of rotatable bonds is 3. The molecule has 0 amide bonds. The third kappa shape index (κ3) is 4.42. The first-order chi connectivity index (χ1) is 9.49. The van der Waals surface area contributed by atoms with Gasteiger partial charge in [-0.1, -0.05) is 0 Å². The fourth-order valence-electron chi connectivity index (χ4n) is 2.39. The molecule has 0 aliphatic carbocycles. The van der Waals surface area contributed by atoms with Crippen LogP contribution >= 0.6 is 67.8 Å². The SMILES string of the molecule is CN1CCCC(COC(=O)c2c(I)ccc(I)c2I)C1. The summed E-state index contributed by atoms with van der Waals surface area (Å²) in [6, 6.07) is 3.99. The minimum Gasteiger partial charge on any atom is -0.462 e. The monoisotopic (exact) mass is 611 g/mol. The molecule has 1 aliphatic heterocycles. The molecule has 1 aromatic rings. The van der Waals surface area contributed by atoms with Gasteiger partial charge in [0.25, 0.3) is 0 Å². The number of likely N-dealkylation sites (tertiary alicyclic amines) is 1. The van der Waals surface area contributed by atoms with Crippen molar-refractivity contribution in [3.63, 3.8) is 0 Å². The highest BCUT2D eigenvalue weighted by atomic mass is 127. The topological polar surface area (TPSA) is 29.5 Å². The number of esters is 1. The Labute approximate surface area is 160 Å². The Bertz CT molecular complexity index is 507. The molecule has 1 aromatic carbocycles. The van der Waals surface area contributed by atoms with Gasteiger partial charge in [-0.25, -0.2) is 4.79 Å². The van der Waals surface area contributed by atoms with Gasteiger partial charge in [-0.3, -0.25) is 0 Å². The molecule has 1 unspecified atom stereocenters. The van der Waals surface area contributed by atoms with E-state index in [0.717, 1.165) is 30.2 Å². The summed E-state index contributed by atoms with van der Waals surface area (Å²) in [4.78, 5) is 14.6. The van der Waals surface area contributed by atoms with E-state index in [4.69, 9.17) is 4.74 Å². The summed E-state index contributed by atoms with van der Waals surface area (Å²) in [6.07, 6.45) is 2.34. The summed E-state index contributed by atoms with van der Waals surface area (Å²) in [5, 5.41) is 0. The summed E-state index contributed by atoms with van der Waals surface area (Å²) in [5.74, 6) is 0.279. The first kappa shape index (κ1) is 17.2. The molecule has 1 saturated heterocycles. The molecule has 0 bridgehead atoms. The van der Waals surface area contributed by atoms with Crippen LogP contribution in [0, 0.1) is 16.6 Å². The van der Waals surface area contributed by atoms with Gasteiger partial charge in [-0.05, 0) is 106 Å². The van der Waals surface area contributed by atoms with Crippen molar-refractivity contribution >= 4 is 73.7 Å². The van der Waals surface area contributed by atoms with E-state index in [1.54, 1.807) is 0 Å². The molecular weight excluding hydrogens is 595 g/mol. The van der Waals surface area contributed by atoms with E-state index in [1.807, 2.05) is 12.1 Å². The number of nitrogens with zero attached hydrogens (tertiary/aromatic N) is 1. The summed E-state index contributed by atoms with van der Waals surface area (Å²) < 4.78 is 8.59. The summed E-state index contributed by atoms with van der Waals surface area (Å²) in [6.45, 7) is 2.70. The Hall–Kier alpha value is 0.840. The lowest BCUT2D eigenvalue weighted by atomic mass is 10.00. The van der Waals surface area contributed by atoms with Gasteiger partial charge in [0, 0.05) is 23.2 Å². The van der Waals surface area contributed by atoms with Crippen molar-refractivity contribution in [2.45, 2.75) is 12.8 Å². The highest BCUT2D eigenvalue weighted by Crippen LogP contribution is 2.25. The van der Waals surface area contributed by atoms with Crippen molar-refractivity contribution in [3.05, 3.63) is 28.4 Å². The Balaban J connectivity index is 2.00. The molecule has 6 heteroatoms. The van der Waals surface area contributed by atoms with Crippen LogP contribution in [0.5, 0.6) is 0 Å². The van der Waals surface area contributed by atoms with E-state index in [0.29, 0.717) is 18.1 Å². The van der Waals surface area contributed by atoms with Gasteiger partial charge < -0.3 is 9.64 Å². The van der Waals surface area contributed by atoms with Crippen LogP contribution < -0.4 is 0 Å². The molecule has 0 radical (unpaired) electrons. The smallest absolute Gasteiger partial charge is 0.340 e. The number of ether oxygens (including phenoxy) is 1. The molecule has 3 nitrogen and oxygen atoms in total. The summed E-state index contributed by atoms with van der Waals surface area (Å²) >= 11 is 6.67. The highest BCUT2D eigenvalue weighted by molar-refractivity contribution is 14.1. The predicted molar refractivity (Wildman–Crippen MR) is 105 cm³/mol. The van der Waals surface area contributed by atoms with E-state index in [9.17, 15) is 4.79 Å². The van der Waals surface area contributed by atoms with Crippen LogP contribution in [-0.4, -0.2) is 37.6 Å². The molecule has 0 saturated carbocycles. The normalized spacial score (nSPS) is 19.9. The van der Waals surface area contributed by atoms with Crippen molar-refractivity contribution < 1.29 is 9.53 Å². The van der Waals surface area contributed by atoms with Gasteiger partial charge >= 0.3 is 5.97 Å². The Morgan fingerprint density at radius 3 is 2.75 bits per heavy atom. The third-order valence-electron chi connectivity index (χ3n) is 3.42. The summed E-state index contributed by atoms with van der Waals surface area (Å²) in [7, 11) is 2.12. The van der Waals surface area contributed by atoms with E-state index in [2.05, 4.69) is 79.7 Å². The molecule has 110 valence electrons. The number of carbonyl (C=O) groups is 1. The fourth-order valence-corrected chi connectivity index (χ4v) is 4.71. The van der Waals surface area contributed by atoms with Crippen LogP contribution in [0.1, 0.15) is 23.2 Å². The largest absolute Gasteiger partial charge is 0.462 e. The van der Waals surface area contributed by atoms with E-state index in [1.165, 1.54) is 6.42 Å². The van der Waals surface area contributed by atoms with Crippen LogP contribution in [0.2, 0.25) is 0 Å². The van der Waals surface area contributed by atoms with Crippen LogP contribution in [0.15, 0.2) is 12.1 Å². The zero-order valence-electron chi connectivity index (χ0n) is 11.2. The molecule has 1 aliphatic rings. The molecular formula is C14H16I3NO2. The number of carbonyl (C=O) groups excluding carboxylic acids is 1. The molecule has 1 atom stereocenters. The second-order valence-corrected chi connectivity index (χ2v) is 8.49. The minimum atomic E-state index is -0.189. The quantitative estimate of drug-likeness (QED) is 0.295. The van der Waals surface area contributed by atoms with Gasteiger partial charge in [0.1, 0.15) is 0 Å². The van der Waals surface area contributed by atoms with Crippen LogP contribution in [0.3, 0.4) is 0 Å². The van der Waals surface area contributed by atoms with E-state index < -0.39 is 0 Å². The van der Waals surface area contributed by atoms with Crippen molar-refractivity contribution in [2.24, 2.45) is 5.92 Å². The fraction of sp³-hybridized carbons (Fsp3) is 0.500. The lowest BCUT2D eigenvalue weighted by Crippen LogP contribution is -2.34. The van der Waals surface area contributed by atoms with Crippen LogP contribution in [0.25, 0.3) is 0 Å². The Morgan fingerprint density at radius 1 is 1.35 bits per heavy atom. The standard InChI is InChI=1S/C14H16I3NO2/c1-18-6-2-3-9(7-18)8-20-14(19)12-10(15)4-5-11(16)13(12)17/h4-5,9H,2-3,6-8H2,1H3. The lowest BCUT2D eigenvalue weighted by molar-refractivity contribution is 0.0369. The lowest BCUT2D eigenvalue weighted by Gasteiger charge is -2.29. The summed E-state index contributed by atoms with van der Waals surface area (Å²) in [5.41, 5.74) is 0.710. The van der Waals surface area contributed by atoms with Gasteiger partial charge in [-0.2, -0.15) is 0 Å². The zero-order chi connectivity index (χ0) is 14.7. The Kier molecular flexibility index (Phi) is 6.80. The van der Waals surface area contributed by atoms with Gasteiger partial charge in [0.2, 0.25) is 0 Å². The first-order valence-corrected chi connectivity index (χ1v) is 9.72. The van der Waals surface area contributed by atoms with Crippen LogP contribution in [-0.2, 0) is 4.74 Å². The molecule has 1 fully saturated rings. The third-order valence-corrected chi connectivity index (χ3v) is 7.37. The second kappa shape index (κ2) is 7.91. The minimum absolute atomic E-state index is 0.189.